The number of benzene rings is 2. The van der Waals surface area contributed by atoms with Crippen LogP contribution in [0, 0.1) is 5.82 Å². The van der Waals surface area contributed by atoms with Gasteiger partial charge < -0.3 is 14.8 Å². The zero-order chi connectivity index (χ0) is 20.9. The van der Waals surface area contributed by atoms with Crippen molar-refractivity contribution in [3.05, 3.63) is 69.9 Å². The highest BCUT2D eigenvalue weighted by Crippen LogP contribution is 2.29. The Labute approximate surface area is 182 Å². The van der Waals surface area contributed by atoms with Crippen molar-refractivity contribution >= 4 is 28.8 Å². The maximum atomic E-state index is 14.6. The molecule has 1 aliphatic heterocycles. The Morgan fingerprint density at radius 2 is 2.13 bits per heavy atom. The van der Waals surface area contributed by atoms with Crippen LogP contribution in [0.2, 0.25) is 5.02 Å². The molecular formula is C22H20ClFN2O3S. The van der Waals surface area contributed by atoms with E-state index in [2.05, 4.69) is 10.3 Å². The van der Waals surface area contributed by atoms with Crippen LogP contribution in [0.15, 0.2) is 47.8 Å². The number of aromatic nitrogens is 1. The van der Waals surface area contributed by atoms with E-state index >= 15 is 0 Å². The van der Waals surface area contributed by atoms with Gasteiger partial charge in [0.2, 0.25) is 0 Å². The maximum absolute atomic E-state index is 14.6. The quantitative estimate of drug-likeness (QED) is 0.549. The molecule has 156 valence electrons. The summed E-state index contributed by atoms with van der Waals surface area (Å²) in [5.74, 6) is -0.321. The van der Waals surface area contributed by atoms with Gasteiger partial charge >= 0.3 is 0 Å². The Hall–Kier alpha value is -2.48. The summed E-state index contributed by atoms with van der Waals surface area (Å²) in [7, 11) is 0. The van der Waals surface area contributed by atoms with Gasteiger partial charge in [0.15, 0.2) is 0 Å². The molecule has 4 rings (SSSR count). The average molecular weight is 447 g/mol. The van der Waals surface area contributed by atoms with E-state index in [1.165, 1.54) is 17.4 Å². The molecule has 1 N–H and O–H groups in total. The Morgan fingerprint density at radius 1 is 1.30 bits per heavy atom. The number of carbonyl (C=O) groups is 1. The third-order valence-electron chi connectivity index (χ3n) is 4.74. The summed E-state index contributed by atoms with van der Waals surface area (Å²) in [6, 6.07) is 11.9. The van der Waals surface area contributed by atoms with Crippen molar-refractivity contribution in [3.8, 4) is 16.3 Å². The van der Waals surface area contributed by atoms with Crippen LogP contribution in [-0.2, 0) is 11.3 Å². The van der Waals surface area contributed by atoms with Gasteiger partial charge in [-0.1, -0.05) is 23.7 Å². The SMILES string of the molecule is O=C(NC[C@@H]1CCCO1)c1csc(-c2ccc(OCc3ccc(Cl)cc3)cc2F)n1. The van der Waals surface area contributed by atoms with Crippen LogP contribution in [0.1, 0.15) is 28.9 Å². The van der Waals surface area contributed by atoms with Gasteiger partial charge in [-0.2, -0.15) is 0 Å². The predicted molar refractivity (Wildman–Crippen MR) is 115 cm³/mol. The van der Waals surface area contributed by atoms with Crippen molar-refractivity contribution in [2.75, 3.05) is 13.2 Å². The van der Waals surface area contributed by atoms with Crippen LogP contribution in [0.5, 0.6) is 5.75 Å². The fourth-order valence-corrected chi connectivity index (χ4v) is 4.06. The van der Waals surface area contributed by atoms with Crippen molar-refractivity contribution < 1.29 is 18.7 Å². The van der Waals surface area contributed by atoms with Crippen molar-refractivity contribution in [1.29, 1.82) is 0 Å². The minimum atomic E-state index is -0.454. The lowest BCUT2D eigenvalue weighted by atomic mass is 10.2. The normalized spacial score (nSPS) is 15.9. The fourth-order valence-electron chi connectivity index (χ4n) is 3.11. The van der Waals surface area contributed by atoms with E-state index in [0.717, 1.165) is 25.0 Å². The lowest BCUT2D eigenvalue weighted by molar-refractivity contribution is 0.0854. The van der Waals surface area contributed by atoms with E-state index in [-0.39, 0.29) is 17.7 Å². The van der Waals surface area contributed by atoms with Gasteiger partial charge in [0, 0.05) is 35.2 Å². The zero-order valence-corrected chi connectivity index (χ0v) is 17.6. The first-order chi connectivity index (χ1) is 14.6. The highest BCUT2D eigenvalue weighted by molar-refractivity contribution is 7.13. The molecule has 1 aromatic heterocycles. The number of amides is 1. The second kappa shape index (κ2) is 9.55. The van der Waals surface area contributed by atoms with Crippen LogP contribution in [0.3, 0.4) is 0 Å². The van der Waals surface area contributed by atoms with Gasteiger partial charge in [0.25, 0.3) is 5.91 Å². The molecule has 8 heteroatoms. The van der Waals surface area contributed by atoms with Crippen molar-refractivity contribution in [2.45, 2.75) is 25.6 Å². The van der Waals surface area contributed by atoms with Crippen molar-refractivity contribution in [1.82, 2.24) is 10.3 Å². The molecule has 1 amide bonds. The summed E-state index contributed by atoms with van der Waals surface area (Å²) in [6.07, 6.45) is 2.02. The molecule has 1 atom stereocenters. The average Bonchev–Trinajstić information content (AvgIpc) is 3.44. The summed E-state index contributed by atoms with van der Waals surface area (Å²) < 4.78 is 25.8. The Morgan fingerprint density at radius 3 is 2.87 bits per heavy atom. The van der Waals surface area contributed by atoms with E-state index in [1.54, 1.807) is 29.6 Å². The van der Waals surface area contributed by atoms with E-state index < -0.39 is 5.82 Å². The predicted octanol–water partition coefficient (Wildman–Crippen LogP) is 5.09. The molecule has 5 nitrogen and oxygen atoms in total. The third kappa shape index (κ3) is 5.16. The lowest BCUT2D eigenvalue weighted by Crippen LogP contribution is -2.31. The molecule has 30 heavy (non-hydrogen) atoms. The number of thiazole rings is 1. The number of nitrogens with one attached hydrogen (secondary N) is 1. The number of halogens is 2. The van der Waals surface area contributed by atoms with Gasteiger partial charge in [-0.05, 0) is 42.7 Å². The first kappa shape index (κ1) is 20.8. The highest BCUT2D eigenvalue weighted by atomic mass is 35.5. The molecule has 1 fully saturated rings. The van der Waals surface area contributed by atoms with Crippen LogP contribution < -0.4 is 10.1 Å². The molecule has 1 aliphatic rings. The smallest absolute Gasteiger partial charge is 0.270 e. The largest absolute Gasteiger partial charge is 0.489 e. The van der Waals surface area contributed by atoms with E-state index in [9.17, 15) is 9.18 Å². The Bertz CT molecular complexity index is 1020. The first-order valence-electron chi connectivity index (χ1n) is 9.61. The minimum absolute atomic E-state index is 0.0601. The second-order valence-electron chi connectivity index (χ2n) is 6.94. The maximum Gasteiger partial charge on any atom is 0.270 e. The van der Waals surface area contributed by atoms with E-state index in [0.29, 0.717) is 34.5 Å². The highest BCUT2D eigenvalue weighted by Gasteiger charge is 2.19. The fraction of sp³-hybridized carbons (Fsp3) is 0.273. The molecule has 0 bridgehead atoms. The van der Waals surface area contributed by atoms with Gasteiger partial charge in [-0.25, -0.2) is 9.37 Å². The topological polar surface area (TPSA) is 60.5 Å². The number of rotatable bonds is 7. The summed E-state index contributed by atoms with van der Waals surface area (Å²) in [4.78, 5) is 16.6. The van der Waals surface area contributed by atoms with Crippen molar-refractivity contribution in [3.63, 3.8) is 0 Å². The number of ether oxygens (including phenoxy) is 2. The zero-order valence-electron chi connectivity index (χ0n) is 16.1. The molecule has 0 spiro atoms. The Balaban J connectivity index is 1.38. The van der Waals surface area contributed by atoms with Crippen LogP contribution in [0.4, 0.5) is 4.39 Å². The van der Waals surface area contributed by atoms with Gasteiger partial charge in [0.1, 0.15) is 28.9 Å². The molecule has 0 saturated carbocycles. The molecule has 2 aromatic carbocycles. The second-order valence-corrected chi connectivity index (χ2v) is 8.23. The first-order valence-corrected chi connectivity index (χ1v) is 10.9. The molecule has 1 saturated heterocycles. The molecule has 0 radical (unpaired) electrons. The molecule has 0 unspecified atom stereocenters. The third-order valence-corrected chi connectivity index (χ3v) is 5.87. The number of hydrogen-bond donors (Lipinski definition) is 1. The van der Waals surface area contributed by atoms with E-state index in [4.69, 9.17) is 21.1 Å². The molecule has 2 heterocycles. The molecular weight excluding hydrogens is 427 g/mol. The number of hydrogen-bond acceptors (Lipinski definition) is 5. The number of nitrogens with zero attached hydrogens (tertiary/aromatic N) is 1. The van der Waals surface area contributed by atoms with Crippen LogP contribution in [0.25, 0.3) is 10.6 Å². The van der Waals surface area contributed by atoms with Crippen molar-refractivity contribution in [2.24, 2.45) is 0 Å². The summed E-state index contributed by atoms with van der Waals surface area (Å²) in [6.45, 7) is 1.50. The van der Waals surface area contributed by atoms with Gasteiger partial charge in [-0.15, -0.1) is 11.3 Å². The summed E-state index contributed by atoms with van der Waals surface area (Å²) in [5, 5.41) is 5.55. The van der Waals surface area contributed by atoms with Gasteiger partial charge in [0.05, 0.1) is 6.10 Å². The standard InChI is InChI=1S/C22H20ClFN2O3S/c23-15-5-3-14(4-6-15)12-29-16-7-8-18(19(24)10-16)22-26-20(13-30-22)21(27)25-11-17-2-1-9-28-17/h3-8,10,13,17H,1-2,9,11-12H2,(H,25,27)/t17-/m0/s1. The van der Waals surface area contributed by atoms with Crippen LogP contribution >= 0.6 is 22.9 Å². The van der Waals surface area contributed by atoms with Crippen LogP contribution in [-0.4, -0.2) is 30.1 Å². The monoisotopic (exact) mass is 446 g/mol. The number of carbonyl (C=O) groups excluding carboxylic acids is 1. The molecule has 3 aromatic rings. The lowest BCUT2D eigenvalue weighted by Gasteiger charge is -2.09. The molecule has 0 aliphatic carbocycles. The summed E-state index contributed by atoms with van der Waals surface area (Å²) in [5.41, 5.74) is 1.54. The minimum Gasteiger partial charge on any atom is -0.489 e. The Kier molecular flexibility index (Phi) is 6.62. The van der Waals surface area contributed by atoms with E-state index in [1.807, 2.05) is 12.1 Å². The van der Waals surface area contributed by atoms with Gasteiger partial charge in [-0.3, -0.25) is 4.79 Å². The summed E-state index contributed by atoms with van der Waals surface area (Å²) >= 11 is 7.09.